The number of hydrogen-bond acceptors (Lipinski definition) is 4. The third kappa shape index (κ3) is 5.47. The van der Waals surface area contributed by atoms with E-state index in [9.17, 15) is 4.79 Å². The molecule has 0 aliphatic rings. The number of hydrogen-bond donors (Lipinski definition) is 1. The number of aryl methyl sites for hydroxylation is 1. The molecule has 0 atom stereocenters. The Morgan fingerprint density at radius 2 is 1.78 bits per heavy atom. The minimum Gasteiger partial charge on any atom is -0.484 e. The molecule has 0 aromatic heterocycles. The molecule has 0 saturated carbocycles. The van der Waals surface area contributed by atoms with Gasteiger partial charge in [-0.05, 0) is 36.8 Å². The SMILES string of the molecule is Cc1ccc(/C=N/NC(=O)COc2ccc(N(C)C)cc2)cc1. The fourth-order valence-corrected chi connectivity index (χ4v) is 1.85. The standard InChI is InChI=1S/C18H21N3O2/c1-14-4-6-15(7-5-14)12-19-20-18(22)13-23-17-10-8-16(9-11-17)21(2)3/h4-12H,13H2,1-3H3,(H,20,22)/b19-12+. The highest BCUT2D eigenvalue weighted by molar-refractivity contribution is 5.82. The van der Waals surface area contributed by atoms with Crippen LogP contribution in [0, 0.1) is 6.92 Å². The third-order valence-electron chi connectivity index (χ3n) is 3.20. The van der Waals surface area contributed by atoms with Gasteiger partial charge in [0.25, 0.3) is 5.91 Å². The number of benzene rings is 2. The minimum atomic E-state index is -0.301. The lowest BCUT2D eigenvalue weighted by atomic mass is 10.2. The topological polar surface area (TPSA) is 53.9 Å². The van der Waals surface area contributed by atoms with Gasteiger partial charge in [-0.25, -0.2) is 5.43 Å². The highest BCUT2D eigenvalue weighted by Gasteiger charge is 2.02. The Labute approximate surface area is 136 Å². The quantitative estimate of drug-likeness (QED) is 0.659. The summed E-state index contributed by atoms with van der Waals surface area (Å²) in [7, 11) is 3.94. The van der Waals surface area contributed by atoms with E-state index in [1.54, 1.807) is 6.21 Å². The van der Waals surface area contributed by atoms with Crippen LogP contribution in [0.5, 0.6) is 5.75 Å². The van der Waals surface area contributed by atoms with Crippen molar-refractivity contribution in [2.45, 2.75) is 6.92 Å². The van der Waals surface area contributed by atoms with E-state index in [0.717, 1.165) is 11.3 Å². The summed E-state index contributed by atoms with van der Waals surface area (Å²) in [5, 5.41) is 3.91. The lowest BCUT2D eigenvalue weighted by Gasteiger charge is -2.12. The molecule has 1 amide bonds. The van der Waals surface area contributed by atoms with E-state index in [1.807, 2.05) is 74.4 Å². The number of anilines is 1. The summed E-state index contributed by atoms with van der Waals surface area (Å²) in [5.41, 5.74) is 5.62. The molecule has 0 aliphatic carbocycles. The van der Waals surface area contributed by atoms with Gasteiger partial charge in [-0.2, -0.15) is 5.10 Å². The van der Waals surface area contributed by atoms with Gasteiger partial charge in [0.1, 0.15) is 5.75 Å². The molecule has 2 aromatic rings. The molecule has 5 heteroatoms. The molecule has 1 N–H and O–H groups in total. The van der Waals surface area contributed by atoms with E-state index in [0.29, 0.717) is 5.75 Å². The number of rotatable bonds is 6. The Morgan fingerprint density at radius 3 is 2.39 bits per heavy atom. The van der Waals surface area contributed by atoms with Gasteiger partial charge in [-0.1, -0.05) is 29.8 Å². The fourth-order valence-electron chi connectivity index (χ4n) is 1.85. The monoisotopic (exact) mass is 311 g/mol. The van der Waals surface area contributed by atoms with Crippen molar-refractivity contribution in [1.82, 2.24) is 5.43 Å². The Morgan fingerprint density at radius 1 is 1.13 bits per heavy atom. The Balaban J connectivity index is 1.77. The zero-order valence-electron chi connectivity index (χ0n) is 13.6. The van der Waals surface area contributed by atoms with Crippen LogP contribution in [0.1, 0.15) is 11.1 Å². The van der Waals surface area contributed by atoms with Crippen molar-refractivity contribution in [3.63, 3.8) is 0 Å². The number of nitrogens with zero attached hydrogens (tertiary/aromatic N) is 2. The molecule has 2 aromatic carbocycles. The van der Waals surface area contributed by atoms with Gasteiger partial charge in [-0.15, -0.1) is 0 Å². The molecule has 0 fully saturated rings. The molecule has 23 heavy (non-hydrogen) atoms. The summed E-state index contributed by atoms with van der Waals surface area (Å²) >= 11 is 0. The molecule has 0 radical (unpaired) electrons. The van der Waals surface area contributed by atoms with Crippen molar-refractivity contribution in [1.29, 1.82) is 0 Å². The van der Waals surface area contributed by atoms with Crippen LogP contribution in [-0.4, -0.2) is 32.8 Å². The summed E-state index contributed by atoms with van der Waals surface area (Å²) in [5.74, 6) is 0.346. The summed E-state index contributed by atoms with van der Waals surface area (Å²) in [4.78, 5) is 13.7. The zero-order chi connectivity index (χ0) is 16.7. The Kier molecular flexibility index (Phi) is 5.74. The van der Waals surface area contributed by atoms with Crippen LogP contribution >= 0.6 is 0 Å². The molecule has 0 unspecified atom stereocenters. The van der Waals surface area contributed by atoms with Gasteiger partial charge in [0, 0.05) is 19.8 Å². The average Bonchev–Trinajstić information content (AvgIpc) is 2.55. The highest BCUT2D eigenvalue weighted by atomic mass is 16.5. The highest BCUT2D eigenvalue weighted by Crippen LogP contribution is 2.17. The molecule has 5 nitrogen and oxygen atoms in total. The van der Waals surface area contributed by atoms with Crippen LogP contribution in [0.3, 0.4) is 0 Å². The lowest BCUT2D eigenvalue weighted by molar-refractivity contribution is -0.123. The van der Waals surface area contributed by atoms with Crippen LogP contribution < -0.4 is 15.1 Å². The first-order valence-electron chi connectivity index (χ1n) is 7.33. The van der Waals surface area contributed by atoms with Gasteiger partial charge in [-0.3, -0.25) is 4.79 Å². The van der Waals surface area contributed by atoms with Crippen LogP contribution in [0.2, 0.25) is 0 Å². The Bertz CT molecular complexity index is 662. The van der Waals surface area contributed by atoms with Crippen molar-refractivity contribution in [3.05, 3.63) is 59.7 Å². The summed E-state index contributed by atoms with van der Waals surface area (Å²) in [6.45, 7) is 1.94. The first-order chi connectivity index (χ1) is 11.0. The van der Waals surface area contributed by atoms with Crippen LogP contribution in [0.15, 0.2) is 53.6 Å². The lowest BCUT2D eigenvalue weighted by Crippen LogP contribution is -2.24. The number of ether oxygens (including phenoxy) is 1. The van der Waals surface area contributed by atoms with E-state index in [1.165, 1.54) is 5.56 Å². The number of hydrazone groups is 1. The minimum absolute atomic E-state index is 0.0768. The molecular weight excluding hydrogens is 290 g/mol. The molecular formula is C18H21N3O2. The van der Waals surface area contributed by atoms with E-state index in [-0.39, 0.29) is 12.5 Å². The van der Waals surface area contributed by atoms with E-state index in [2.05, 4.69) is 10.5 Å². The van der Waals surface area contributed by atoms with Gasteiger partial charge < -0.3 is 9.64 Å². The number of amides is 1. The molecule has 0 aliphatic heterocycles. The largest absolute Gasteiger partial charge is 0.484 e. The number of carbonyl (C=O) groups excluding carboxylic acids is 1. The Hall–Kier alpha value is -2.82. The van der Waals surface area contributed by atoms with Crippen LogP contribution in [0.4, 0.5) is 5.69 Å². The maximum Gasteiger partial charge on any atom is 0.277 e. The molecule has 120 valence electrons. The third-order valence-corrected chi connectivity index (χ3v) is 3.20. The first-order valence-corrected chi connectivity index (χ1v) is 7.33. The van der Waals surface area contributed by atoms with Gasteiger partial charge in [0.2, 0.25) is 0 Å². The van der Waals surface area contributed by atoms with Crippen molar-refractivity contribution < 1.29 is 9.53 Å². The maximum absolute atomic E-state index is 11.7. The van der Waals surface area contributed by atoms with E-state index >= 15 is 0 Å². The maximum atomic E-state index is 11.7. The number of carbonyl (C=O) groups is 1. The van der Waals surface area contributed by atoms with E-state index in [4.69, 9.17) is 4.74 Å². The molecule has 0 saturated heterocycles. The van der Waals surface area contributed by atoms with Crippen molar-refractivity contribution in [2.24, 2.45) is 5.10 Å². The van der Waals surface area contributed by atoms with E-state index < -0.39 is 0 Å². The molecule has 0 heterocycles. The van der Waals surface area contributed by atoms with Crippen molar-refractivity contribution in [3.8, 4) is 5.75 Å². The average molecular weight is 311 g/mol. The van der Waals surface area contributed by atoms with Gasteiger partial charge in [0.15, 0.2) is 6.61 Å². The molecule has 0 spiro atoms. The summed E-state index contributed by atoms with van der Waals surface area (Å²) in [6, 6.07) is 15.4. The summed E-state index contributed by atoms with van der Waals surface area (Å²) < 4.78 is 5.42. The second kappa shape index (κ2) is 7.98. The smallest absolute Gasteiger partial charge is 0.277 e. The first kappa shape index (κ1) is 16.5. The van der Waals surface area contributed by atoms with Crippen LogP contribution in [0.25, 0.3) is 0 Å². The predicted molar refractivity (Wildman–Crippen MR) is 93.2 cm³/mol. The molecule has 0 bridgehead atoms. The number of nitrogens with one attached hydrogen (secondary N) is 1. The van der Waals surface area contributed by atoms with Crippen LogP contribution in [-0.2, 0) is 4.79 Å². The zero-order valence-corrected chi connectivity index (χ0v) is 13.6. The van der Waals surface area contributed by atoms with Crippen molar-refractivity contribution in [2.75, 3.05) is 25.6 Å². The predicted octanol–water partition coefficient (Wildman–Crippen LogP) is 2.59. The fraction of sp³-hybridized carbons (Fsp3) is 0.222. The summed E-state index contributed by atoms with van der Waals surface area (Å²) in [6.07, 6.45) is 1.60. The second-order valence-corrected chi connectivity index (χ2v) is 5.38. The molecule has 2 rings (SSSR count). The normalized spacial score (nSPS) is 10.6. The van der Waals surface area contributed by atoms with Gasteiger partial charge in [0.05, 0.1) is 6.21 Å². The second-order valence-electron chi connectivity index (χ2n) is 5.38. The van der Waals surface area contributed by atoms with Gasteiger partial charge >= 0.3 is 0 Å². The van der Waals surface area contributed by atoms with Crippen molar-refractivity contribution >= 4 is 17.8 Å².